The van der Waals surface area contributed by atoms with E-state index in [0.717, 1.165) is 35.0 Å². The molecule has 0 aliphatic heterocycles. The van der Waals surface area contributed by atoms with E-state index < -0.39 is 0 Å². The van der Waals surface area contributed by atoms with Crippen LogP contribution in [0.3, 0.4) is 0 Å². The van der Waals surface area contributed by atoms with Crippen molar-refractivity contribution in [2.75, 3.05) is 22.9 Å². The maximum Gasteiger partial charge on any atom is 0.258 e. The molecule has 0 spiro atoms. The average molecular weight is 449 g/mol. The van der Waals surface area contributed by atoms with Crippen LogP contribution in [-0.2, 0) is 12.8 Å². The minimum atomic E-state index is -0.0823. The van der Waals surface area contributed by atoms with Gasteiger partial charge in [-0.15, -0.1) is 0 Å². The number of anilines is 2. The zero-order chi connectivity index (χ0) is 23.7. The molecular weight excluding hydrogens is 420 g/mol. The van der Waals surface area contributed by atoms with E-state index in [0.29, 0.717) is 24.2 Å². The summed E-state index contributed by atoms with van der Waals surface area (Å²) in [5.41, 5.74) is 5.29. The second kappa shape index (κ2) is 9.14. The van der Waals surface area contributed by atoms with Gasteiger partial charge < -0.3 is 9.80 Å². The third-order valence-electron chi connectivity index (χ3n) is 6.72. The second-order valence-corrected chi connectivity index (χ2v) is 8.56. The van der Waals surface area contributed by atoms with Gasteiger partial charge in [0.1, 0.15) is 0 Å². The molecular formula is C30H28N2O2. The van der Waals surface area contributed by atoms with E-state index in [2.05, 4.69) is 12.1 Å². The monoisotopic (exact) mass is 448 g/mol. The molecule has 170 valence electrons. The molecule has 0 N–H and O–H groups in total. The van der Waals surface area contributed by atoms with Crippen molar-refractivity contribution in [3.8, 4) is 0 Å². The number of carbonyl (C=O) groups is 2. The van der Waals surface area contributed by atoms with E-state index in [-0.39, 0.29) is 11.8 Å². The van der Waals surface area contributed by atoms with Crippen LogP contribution in [0.1, 0.15) is 45.7 Å². The normalized spacial score (nSPS) is 12.1. The highest BCUT2D eigenvalue weighted by Crippen LogP contribution is 2.37. The Morgan fingerprint density at radius 3 is 1.38 bits per heavy atom. The van der Waals surface area contributed by atoms with E-state index in [9.17, 15) is 9.59 Å². The lowest BCUT2D eigenvalue weighted by Crippen LogP contribution is -2.33. The van der Waals surface area contributed by atoms with Crippen molar-refractivity contribution in [3.63, 3.8) is 0 Å². The van der Waals surface area contributed by atoms with Crippen LogP contribution in [0.2, 0.25) is 0 Å². The van der Waals surface area contributed by atoms with Crippen LogP contribution in [0.15, 0.2) is 84.9 Å². The third-order valence-corrected chi connectivity index (χ3v) is 6.72. The molecule has 0 saturated heterocycles. The first-order chi connectivity index (χ1) is 16.6. The van der Waals surface area contributed by atoms with Crippen molar-refractivity contribution in [2.24, 2.45) is 0 Å². The Hall–Kier alpha value is -3.92. The second-order valence-electron chi connectivity index (χ2n) is 8.56. The zero-order valence-corrected chi connectivity index (χ0v) is 19.6. The maximum atomic E-state index is 13.9. The van der Waals surface area contributed by atoms with Crippen LogP contribution in [-0.4, -0.2) is 24.9 Å². The van der Waals surface area contributed by atoms with Crippen LogP contribution in [0, 0.1) is 0 Å². The van der Waals surface area contributed by atoms with Gasteiger partial charge in [-0.3, -0.25) is 9.59 Å². The molecule has 0 fully saturated rings. The fraction of sp³-hybridized carbons (Fsp3) is 0.200. The number of aryl methyl sites for hydroxylation is 2. The Labute approximate surface area is 200 Å². The predicted octanol–water partition coefficient (Wildman–Crippen LogP) is 6.27. The van der Waals surface area contributed by atoms with Crippen molar-refractivity contribution < 1.29 is 9.59 Å². The lowest BCUT2D eigenvalue weighted by atomic mass is 9.93. The zero-order valence-electron chi connectivity index (χ0n) is 19.6. The molecule has 4 aromatic rings. The Balaban J connectivity index is 1.69. The first kappa shape index (κ1) is 21.9. The highest BCUT2D eigenvalue weighted by atomic mass is 16.2. The molecule has 0 heterocycles. The smallest absolute Gasteiger partial charge is 0.258 e. The highest BCUT2D eigenvalue weighted by Gasteiger charge is 2.28. The number of benzene rings is 4. The van der Waals surface area contributed by atoms with Gasteiger partial charge in [0.2, 0.25) is 0 Å². The summed E-state index contributed by atoms with van der Waals surface area (Å²) in [5.74, 6) is -0.165. The average Bonchev–Trinajstić information content (AvgIpc) is 3.31. The topological polar surface area (TPSA) is 40.6 Å². The lowest BCUT2D eigenvalue weighted by molar-refractivity contribution is 0.0987. The van der Waals surface area contributed by atoms with Gasteiger partial charge in [-0.25, -0.2) is 0 Å². The molecule has 2 amide bonds. The molecule has 1 aliphatic carbocycles. The SMILES string of the molecule is CCN(C(=O)c1ccc2c3c(ccc(C(=O)N(CC)c4ccccc4)c13)CC2)c1ccccc1. The number of para-hydroxylation sites is 2. The molecule has 4 aromatic carbocycles. The van der Waals surface area contributed by atoms with Gasteiger partial charge in [-0.1, -0.05) is 48.5 Å². The molecule has 4 nitrogen and oxygen atoms in total. The van der Waals surface area contributed by atoms with E-state index in [1.54, 1.807) is 9.80 Å². The number of rotatable bonds is 6. The van der Waals surface area contributed by atoms with Crippen LogP contribution in [0.4, 0.5) is 11.4 Å². The molecule has 0 atom stereocenters. The number of carbonyl (C=O) groups excluding carboxylic acids is 2. The van der Waals surface area contributed by atoms with E-state index in [1.807, 2.05) is 86.6 Å². The molecule has 0 aromatic heterocycles. The minimum absolute atomic E-state index is 0.0823. The van der Waals surface area contributed by atoms with E-state index >= 15 is 0 Å². The number of hydrogen-bond acceptors (Lipinski definition) is 2. The summed E-state index contributed by atoms with van der Waals surface area (Å²) in [7, 11) is 0. The standard InChI is InChI=1S/C30H28N2O2/c1-3-31(23-11-7-5-8-12-23)29(33)25-19-17-21-15-16-22-18-20-26(28(25)27(21)22)30(34)32(4-2)24-13-9-6-10-14-24/h5-14,17-20H,3-4,15-16H2,1-2H3. The van der Waals surface area contributed by atoms with Gasteiger partial charge in [0.15, 0.2) is 0 Å². The summed E-state index contributed by atoms with van der Waals surface area (Å²) >= 11 is 0. The number of amides is 2. The van der Waals surface area contributed by atoms with Gasteiger partial charge in [0, 0.05) is 41.0 Å². The number of nitrogens with zero attached hydrogens (tertiary/aromatic N) is 2. The Morgan fingerprint density at radius 1 is 0.588 bits per heavy atom. The maximum absolute atomic E-state index is 13.9. The van der Waals surface area contributed by atoms with Gasteiger partial charge in [-0.2, -0.15) is 0 Å². The van der Waals surface area contributed by atoms with Gasteiger partial charge in [0.05, 0.1) is 0 Å². The molecule has 34 heavy (non-hydrogen) atoms. The fourth-order valence-electron chi connectivity index (χ4n) is 5.08. The van der Waals surface area contributed by atoms with Gasteiger partial charge in [-0.05, 0) is 79.6 Å². The van der Waals surface area contributed by atoms with E-state index in [1.165, 1.54) is 11.1 Å². The minimum Gasteiger partial charge on any atom is -0.309 e. The molecule has 0 bridgehead atoms. The summed E-state index contributed by atoms with van der Waals surface area (Å²) < 4.78 is 0. The molecule has 0 saturated carbocycles. The van der Waals surface area contributed by atoms with Crippen molar-refractivity contribution >= 4 is 34.0 Å². The van der Waals surface area contributed by atoms with E-state index in [4.69, 9.17) is 0 Å². The highest BCUT2D eigenvalue weighted by molar-refractivity contribution is 6.23. The summed E-state index contributed by atoms with van der Waals surface area (Å²) in [6.45, 7) is 5.04. The largest absolute Gasteiger partial charge is 0.309 e. The molecule has 1 aliphatic rings. The third kappa shape index (κ3) is 3.65. The molecule has 0 unspecified atom stereocenters. The fourth-order valence-corrected chi connectivity index (χ4v) is 5.08. The molecule has 4 heteroatoms. The lowest BCUT2D eigenvalue weighted by Gasteiger charge is -2.25. The van der Waals surface area contributed by atoms with Crippen molar-refractivity contribution in [2.45, 2.75) is 26.7 Å². The van der Waals surface area contributed by atoms with Crippen molar-refractivity contribution in [3.05, 3.63) is 107 Å². The van der Waals surface area contributed by atoms with Crippen molar-refractivity contribution in [1.29, 1.82) is 0 Å². The Bertz CT molecular complexity index is 1260. The van der Waals surface area contributed by atoms with Crippen molar-refractivity contribution in [1.82, 2.24) is 0 Å². The Morgan fingerprint density at radius 2 is 1.00 bits per heavy atom. The summed E-state index contributed by atoms with van der Waals surface area (Å²) in [6.07, 6.45) is 1.87. The first-order valence-electron chi connectivity index (χ1n) is 11.9. The van der Waals surface area contributed by atoms with Gasteiger partial charge >= 0.3 is 0 Å². The predicted molar refractivity (Wildman–Crippen MR) is 139 cm³/mol. The van der Waals surface area contributed by atoms with Crippen LogP contribution in [0.25, 0.3) is 10.8 Å². The Kier molecular flexibility index (Phi) is 5.89. The van der Waals surface area contributed by atoms with Crippen LogP contribution in [0.5, 0.6) is 0 Å². The summed E-state index contributed by atoms with van der Waals surface area (Å²) in [5, 5.41) is 1.86. The van der Waals surface area contributed by atoms with Crippen LogP contribution >= 0.6 is 0 Å². The first-order valence-corrected chi connectivity index (χ1v) is 11.9. The number of hydrogen-bond donors (Lipinski definition) is 0. The molecule has 5 rings (SSSR count). The van der Waals surface area contributed by atoms with Crippen LogP contribution < -0.4 is 9.80 Å². The van der Waals surface area contributed by atoms with Gasteiger partial charge in [0.25, 0.3) is 11.8 Å². The quantitative estimate of drug-likeness (QED) is 0.349. The molecule has 0 radical (unpaired) electrons. The summed E-state index contributed by atoms with van der Waals surface area (Å²) in [4.78, 5) is 31.4. The summed E-state index contributed by atoms with van der Waals surface area (Å²) in [6, 6.07) is 27.4.